The van der Waals surface area contributed by atoms with Crippen molar-refractivity contribution in [3.05, 3.63) is 37.2 Å². The van der Waals surface area contributed by atoms with Gasteiger partial charge in [0.15, 0.2) is 5.96 Å². The second kappa shape index (κ2) is 7.53. The van der Waals surface area contributed by atoms with E-state index in [1.54, 1.807) is 6.08 Å². The van der Waals surface area contributed by atoms with Gasteiger partial charge in [0.2, 0.25) is 0 Å². The summed E-state index contributed by atoms with van der Waals surface area (Å²) in [5.41, 5.74) is 7.03. The van der Waals surface area contributed by atoms with Crippen LogP contribution in [-0.2, 0) is 0 Å². The van der Waals surface area contributed by atoms with Crippen molar-refractivity contribution in [2.45, 2.75) is 12.8 Å². The molecule has 5 nitrogen and oxygen atoms in total. The molecule has 1 aliphatic rings. The van der Waals surface area contributed by atoms with E-state index in [9.17, 15) is 0 Å². The lowest BCUT2D eigenvalue weighted by atomic mass is 9.97. The average molecular weight is 273 g/mol. The fourth-order valence-corrected chi connectivity index (χ4v) is 2.39. The first-order chi connectivity index (χ1) is 9.79. The molecule has 3 N–H and O–H groups in total. The van der Waals surface area contributed by atoms with Crippen LogP contribution in [0.15, 0.2) is 42.2 Å². The normalized spacial score (nSPS) is 17.0. The predicted octanol–water partition coefficient (Wildman–Crippen LogP) is 1.39. The van der Waals surface area contributed by atoms with E-state index in [1.807, 2.05) is 12.4 Å². The number of nitrogens with one attached hydrogen (secondary N) is 1. The van der Waals surface area contributed by atoms with Gasteiger partial charge in [0.05, 0.1) is 0 Å². The fourth-order valence-electron chi connectivity index (χ4n) is 2.39. The van der Waals surface area contributed by atoms with Crippen LogP contribution in [0.1, 0.15) is 12.8 Å². The number of hydrogen-bond donors (Lipinski definition) is 2. The van der Waals surface area contributed by atoms with Gasteiger partial charge in [-0.05, 0) is 30.9 Å². The van der Waals surface area contributed by atoms with Crippen LogP contribution in [0.25, 0.3) is 0 Å². The second-order valence-corrected chi connectivity index (χ2v) is 5.03. The van der Waals surface area contributed by atoms with Crippen LogP contribution < -0.4 is 16.0 Å². The van der Waals surface area contributed by atoms with Crippen LogP contribution in [0.3, 0.4) is 0 Å². The Morgan fingerprint density at radius 2 is 2.15 bits per heavy atom. The maximum atomic E-state index is 5.77. The van der Waals surface area contributed by atoms with E-state index in [4.69, 9.17) is 5.73 Å². The van der Waals surface area contributed by atoms with Gasteiger partial charge >= 0.3 is 0 Å². The lowest BCUT2D eigenvalue weighted by Gasteiger charge is -2.32. The molecule has 0 radical (unpaired) electrons. The summed E-state index contributed by atoms with van der Waals surface area (Å²) in [6, 6.07) is 4.13. The molecule has 0 amide bonds. The molecular formula is C15H23N5. The molecule has 0 unspecified atom stereocenters. The van der Waals surface area contributed by atoms with Gasteiger partial charge in [-0.1, -0.05) is 6.08 Å². The fraction of sp³-hybridized carbons (Fsp3) is 0.467. The summed E-state index contributed by atoms with van der Waals surface area (Å²) in [5, 5.41) is 3.00. The molecular weight excluding hydrogens is 250 g/mol. The van der Waals surface area contributed by atoms with Crippen LogP contribution in [0.5, 0.6) is 0 Å². The molecule has 108 valence electrons. The molecule has 0 bridgehead atoms. The highest BCUT2D eigenvalue weighted by Crippen LogP contribution is 2.22. The number of nitrogens with zero attached hydrogens (tertiary/aromatic N) is 3. The van der Waals surface area contributed by atoms with Crippen LogP contribution in [0, 0.1) is 5.92 Å². The molecule has 0 saturated carbocycles. The average Bonchev–Trinajstić information content (AvgIpc) is 2.52. The van der Waals surface area contributed by atoms with Gasteiger partial charge < -0.3 is 16.0 Å². The van der Waals surface area contributed by atoms with Crippen molar-refractivity contribution in [2.75, 3.05) is 31.1 Å². The van der Waals surface area contributed by atoms with Crippen molar-refractivity contribution in [3.63, 3.8) is 0 Å². The zero-order valence-electron chi connectivity index (χ0n) is 11.8. The largest absolute Gasteiger partial charge is 0.371 e. The van der Waals surface area contributed by atoms with Gasteiger partial charge in [-0.25, -0.2) is 0 Å². The van der Waals surface area contributed by atoms with Crippen molar-refractivity contribution in [3.8, 4) is 0 Å². The third kappa shape index (κ3) is 4.26. The minimum Gasteiger partial charge on any atom is -0.371 e. The SMILES string of the molecule is C=CCNC(N)=NCC1CCN(c2ccncc2)CC1. The molecule has 0 atom stereocenters. The number of hydrogen-bond acceptors (Lipinski definition) is 3. The highest BCUT2D eigenvalue weighted by molar-refractivity contribution is 5.77. The topological polar surface area (TPSA) is 66.5 Å². The van der Waals surface area contributed by atoms with Crippen molar-refractivity contribution in [1.29, 1.82) is 0 Å². The van der Waals surface area contributed by atoms with E-state index >= 15 is 0 Å². The first-order valence-electron chi connectivity index (χ1n) is 7.09. The highest BCUT2D eigenvalue weighted by atomic mass is 15.1. The van der Waals surface area contributed by atoms with Crippen molar-refractivity contribution < 1.29 is 0 Å². The molecule has 1 aromatic rings. The summed E-state index contributed by atoms with van der Waals surface area (Å²) in [7, 11) is 0. The number of anilines is 1. The molecule has 20 heavy (non-hydrogen) atoms. The molecule has 1 aliphatic heterocycles. The number of pyridine rings is 1. The minimum atomic E-state index is 0.515. The summed E-state index contributed by atoms with van der Waals surface area (Å²) in [6.07, 6.45) is 7.77. The van der Waals surface area contributed by atoms with Gasteiger partial charge in [0.1, 0.15) is 0 Å². The Bertz CT molecular complexity index is 435. The molecule has 2 heterocycles. The highest BCUT2D eigenvalue weighted by Gasteiger charge is 2.19. The van der Waals surface area contributed by atoms with Crippen molar-refractivity contribution in [2.24, 2.45) is 16.6 Å². The van der Waals surface area contributed by atoms with E-state index in [-0.39, 0.29) is 0 Å². The first-order valence-corrected chi connectivity index (χ1v) is 7.09. The number of aromatic nitrogens is 1. The number of rotatable bonds is 5. The molecule has 1 fully saturated rings. The second-order valence-electron chi connectivity index (χ2n) is 5.03. The van der Waals surface area contributed by atoms with Gasteiger partial charge in [0.25, 0.3) is 0 Å². The van der Waals surface area contributed by atoms with E-state index in [0.29, 0.717) is 18.4 Å². The Kier molecular flexibility index (Phi) is 5.41. The molecule has 2 rings (SSSR count). The molecule has 1 saturated heterocycles. The molecule has 0 aliphatic carbocycles. The van der Waals surface area contributed by atoms with Crippen molar-refractivity contribution in [1.82, 2.24) is 10.3 Å². The predicted molar refractivity (Wildman–Crippen MR) is 83.9 cm³/mol. The Morgan fingerprint density at radius 1 is 1.45 bits per heavy atom. The Hall–Kier alpha value is -2.04. The standard InChI is InChI=1S/C15H23N5/c1-2-7-18-15(16)19-12-13-5-10-20(11-6-13)14-3-8-17-9-4-14/h2-4,8-9,13H,1,5-7,10-12H2,(H3,16,18,19). The zero-order chi connectivity index (χ0) is 14.2. The van der Waals surface area contributed by atoms with E-state index in [2.05, 4.69) is 38.9 Å². The molecule has 1 aromatic heterocycles. The molecule has 0 spiro atoms. The third-order valence-corrected chi connectivity index (χ3v) is 3.59. The van der Waals surface area contributed by atoms with Gasteiger partial charge in [-0.15, -0.1) is 6.58 Å². The van der Waals surface area contributed by atoms with E-state index in [1.165, 1.54) is 5.69 Å². The molecule has 5 heteroatoms. The maximum Gasteiger partial charge on any atom is 0.188 e. The maximum absolute atomic E-state index is 5.77. The summed E-state index contributed by atoms with van der Waals surface area (Å²) in [4.78, 5) is 10.9. The number of guanidine groups is 1. The van der Waals surface area contributed by atoms with E-state index in [0.717, 1.165) is 32.5 Å². The number of piperidine rings is 1. The lowest BCUT2D eigenvalue weighted by Crippen LogP contribution is -2.36. The van der Waals surface area contributed by atoms with Crippen LogP contribution in [-0.4, -0.2) is 37.1 Å². The Labute approximate surface area is 120 Å². The Balaban J connectivity index is 1.76. The van der Waals surface area contributed by atoms with Crippen LogP contribution in [0.2, 0.25) is 0 Å². The summed E-state index contributed by atoms with van der Waals surface area (Å²) < 4.78 is 0. The first kappa shape index (κ1) is 14.4. The number of aliphatic imine (C=N–C) groups is 1. The summed E-state index contributed by atoms with van der Waals surface area (Å²) in [6.45, 7) is 7.25. The Morgan fingerprint density at radius 3 is 2.80 bits per heavy atom. The van der Waals surface area contributed by atoms with Gasteiger partial charge in [0, 0.05) is 44.3 Å². The van der Waals surface area contributed by atoms with Crippen molar-refractivity contribution >= 4 is 11.6 Å². The monoisotopic (exact) mass is 273 g/mol. The lowest BCUT2D eigenvalue weighted by molar-refractivity contribution is 0.415. The summed E-state index contributed by atoms with van der Waals surface area (Å²) >= 11 is 0. The van der Waals surface area contributed by atoms with E-state index < -0.39 is 0 Å². The quantitative estimate of drug-likeness (QED) is 0.483. The smallest absolute Gasteiger partial charge is 0.188 e. The van der Waals surface area contributed by atoms with Crippen LogP contribution in [0.4, 0.5) is 5.69 Å². The summed E-state index contributed by atoms with van der Waals surface area (Å²) in [5.74, 6) is 1.14. The van der Waals surface area contributed by atoms with Gasteiger partial charge in [-0.3, -0.25) is 9.98 Å². The third-order valence-electron chi connectivity index (χ3n) is 3.59. The molecule has 0 aromatic carbocycles. The zero-order valence-corrected chi connectivity index (χ0v) is 11.8. The van der Waals surface area contributed by atoms with Crippen LogP contribution >= 0.6 is 0 Å². The minimum absolute atomic E-state index is 0.515. The number of nitrogens with two attached hydrogens (primary N) is 1. The van der Waals surface area contributed by atoms with Gasteiger partial charge in [-0.2, -0.15) is 0 Å².